The number of nitrogens with two attached hydrogens (primary N) is 1. The van der Waals surface area contributed by atoms with E-state index >= 15 is 0 Å². The van der Waals surface area contributed by atoms with Gasteiger partial charge in [0.15, 0.2) is 0 Å². The highest BCUT2D eigenvalue weighted by Crippen LogP contribution is 2.19. The molecule has 1 rings (SSSR count). The zero-order valence-electron chi connectivity index (χ0n) is 8.71. The molecule has 0 amide bonds. The zero-order chi connectivity index (χ0) is 11.5. The maximum absolute atomic E-state index is 12.5. The highest BCUT2D eigenvalue weighted by atomic mass is 19.3. The molecule has 0 radical (unpaired) electrons. The third-order valence-electron chi connectivity index (χ3n) is 2.09. The fourth-order valence-electron chi connectivity index (χ4n) is 1.19. The van der Waals surface area contributed by atoms with Gasteiger partial charge < -0.3 is 10.5 Å². The zero-order valence-corrected chi connectivity index (χ0v) is 8.71. The highest BCUT2D eigenvalue weighted by Gasteiger charge is 2.30. The summed E-state index contributed by atoms with van der Waals surface area (Å²) in [4.78, 5) is 3.88. The predicted octanol–water partition coefficient (Wildman–Crippen LogP) is 1.62. The third-order valence-corrected chi connectivity index (χ3v) is 2.09. The molecule has 0 fully saturated rings. The van der Waals surface area contributed by atoms with E-state index in [1.807, 2.05) is 0 Å². The van der Waals surface area contributed by atoms with Crippen molar-refractivity contribution in [2.24, 2.45) is 5.73 Å². The van der Waals surface area contributed by atoms with Crippen molar-refractivity contribution in [1.29, 1.82) is 0 Å². The summed E-state index contributed by atoms with van der Waals surface area (Å²) in [5.74, 6) is 0.401. The maximum Gasteiger partial charge on any atom is 0.256 e. The molecule has 0 aliphatic heterocycles. The molecule has 1 unspecified atom stereocenters. The van der Waals surface area contributed by atoms with Gasteiger partial charge in [0.1, 0.15) is 0 Å². The second-order valence-electron chi connectivity index (χ2n) is 3.69. The first-order valence-electron chi connectivity index (χ1n) is 4.51. The van der Waals surface area contributed by atoms with Crippen molar-refractivity contribution < 1.29 is 13.5 Å². The summed E-state index contributed by atoms with van der Waals surface area (Å²) >= 11 is 0. The molecule has 0 saturated heterocycles. The van der Waals surface area contributed by atoms with Crippen LogP contribution in [0.4, 0.5) is 8.78 Å². The number of rotatable bonds is 4. The van der Waals surface area contributed by atoms with Crippen LogP contribution in [0.25, 0.3) is 0 Å². The van der Waals surface area contributed by atoms with Gasteiger partial charge in [-0.2, -0.15) is 0 Å². The topological polar surface area (TPSA) is 48.1 Å². The largest absolute Gasteiger partial charge is 0.481 e. The Labute approximate surface area is 87.3 Å². The minimum Gasteiger partial charge on any atom is -0.481 e. The quantitative estimate of drug-likeness (QED) is 0.831. The Bertz CT molecular complexity index is 329. The van der Waals surface area contributed by atoms with Crippen LogP contribution < -0.4 is 10.5 Å². The number of methoxy groups -OCH3 is 1. The molecule has 0 saturated carbocycles. The Morgan fingerprint density at radius 2 is 2.27 bits per heavy atom. The van der Waals surface area contributed by atoms with Crippen LogP contribution in [0.5, 0.6) is 5.88 Å². The molecule has 15 heavy (non-hydrogen) atoms. The Kier molecular flexibility index (Phi) is 3.57. The maximum atomic E-state index is 12.5. The van der Waals surface area contributed by atoms with Crippen LogP contribution in [0.2, 0.25) is 0 Å². The van der Waals surface area contributed by atoms with Crippen LogP contribution >= 0.6 is 0 Å². The second kappa shape index (κ2) is 4.53. The second-order valence-corrected chi connectivity index (χ2v) is 3.69. The van der Waals surface area contributed by atoms with E-state index in [-0.39, 0.29) is 6.42 Å². The van der Waals surface area contributed by atoms with E-state index in [0.717, 1.165) is 0 Å². The molecule has 1 aromatic heterocycles. The van der Waals surface area contributed by atoms with Gasteiger partial charge in [0.05, 0.1) is 12.6 Å². The Morgan fingerprint density at radius 3 is 2.80 bits per heavy atom. The lowest BCUT2D eigenvalue weighted by Crippen LogP contribution is -2.45. The molecule has 1 heterocycles. The lowest BCUT2D eigenvalue weighted by atomic mass is 9.95. The average molecular weight is 216 g/mol. The molecular formula is C10H14F2N2O. The Morgan fingerprint density at radius 1 is 1.60 bits per heavy atom. The molecule has 2 N–H and O–H groups in total. The number of pyridine rings is 1. The molecule has 1 atom stereocenters. The molecule has 1 aromatic rings. The molecule has 5 heteroatoms. The van der Waals surface area contributed by atoms with Crippen molar-refractivity contribution in [2.45, 2.75) is 25.3 Å². The third kappa shape index (κ3) is 3.13. The van der Waals surface area contributed by atoms with E-state index in [1.165, 1.54) is 20.2 Å². The summed E-state index contributed by atoms with van der Waals surface area (Å²) < 4.78 is 29.9. The van der Waals surface area contributed by atoms with E-state index in [2.05, 4.69) is 4.98 Å². The van der Waals surface area contributed by atoms with Crippen LogP contribution in [-0.2, 0) is 6.42 Å². The molecule has 0 aliphatic rings. The summed E-state index contributed by atoms with van der Waals surface area (Å²) in [5.41, 5.74) is 4.64. The first-order valence-corrected chi connectivity index (χ1v) is 4.51. The summed E-state index contributed by atoms with van der Waals surface area (Å²) in [7, 11) is 1.47. The number of nitrogens with zero attached hydrogens (tertiary/aromatic N) is 1. The number of halogens is 2. The van der Waals surface area contributed by atoms with E-state index in [1.54, 1.807) is 12.1 Å². The smallest absolute Gasteiger partial charge is 0.256 e. The number of hydrogen-bond acceptors (Lipinski definition) is 3. The van der Waals surface area contributed by atoms with Crippen molar-refractivity contribution in [3.63, 3.8) is 0 Å². The van der Waals surface area contributed by atoms with E-state index in [0.29, 0.717) is 11.4 Å². The summed E-state index contributed by atoms with van der Waals surface area (Å²) in [6, 6.07) is 3.25. The minimum atomic E-state index is -2.56. The lowest BCUT2D eigenvalue weighted by molar-refractivity contribution is 0.0639. The molecule has 0 aliphatic carbocycles. The normalized spacial score (nSPS) is 15.1. The van der Waals surface area contributed by atoms with Crippen LogP contribution in [0.15, 0.2) is 18.3 Å². The molecule has 3 nitrogen and oxygen atoms in total. The van der Waals surface area contributed by atoms with Crippen LogP contribution in [0, 0.1) is 0 Å². The number of hydrogen-bond donors (Lipinski definition) is 1. The van der Waals surface area contributed by atoms with Gasteiger partial charge in [0, 0.05) is 12.3 Å². The Hall–Kier alpha value is -1.23. The number of ether oxygens (including phenoxy) is 1. The fraction of sp³-hybridized carbons (Fsp3) is 0.500. The van der Waals surface area contributed by atoms with Gasteiger partial charge in [-0.05, 0) is 25.0 Å². The van der Waals surface area contributed by atoms with Gasteiger partial charge in [-0.3, -0.25) is 0 Å². The summed E-state index contributed by atoms with van der Waals surface area (Å²) in [5, 5.41) is 0. The van der Waals surface area contributed by atoms with Gasteiger partial charge in [-0.25, -0.2) is 13.8 Å². The van der Waals surface area contributed by atoms with Gasteiger partial charge in [0.2, 0.25) is 5.88 Å². The lowest BCUT2D eigenvalue weighted by Gasteiger charge is -2.23. The van der Waals surface area contributed by atoms with Crippen LogP contribution in [-0.4, -0.2) is 24.1 Å². The first kappa shape index (κ1) is 11.8. The van der Waals surface area contributed by atoms with Crippen molar-refractivity contribution >= 4 is 0 Å². The SMILES string of the molecule is COc1cc(CC(C)(N)C(F)F)ccn1. The average Bonchev–Trinajstić information content (AvgIpc) is 2.17. The number of aromatic nitrogens is 1. The van der Waals surface area contributed by atoms with Gasteiger partial charge >= 0.3 is 0 Å². The Balaban J connectivity index is 2.80. The summed E-state index contributed by atoms with van der Waals surface area (Å²) in [6.45, 7) is 1.32. The molecule has 84 valence electrons. The highest BCUT2D eigenvalue weighted by molar-refractivity contribution is 5.22. The van der Waals surface area contributed by atoms with Gasteiger partial charge in [-0.15, -0.1) is 0 Å². The van der Waals surface area contributed by atoms with E-state index < -0.39 is 12.0 Å². The van der Waals surface area contributed by atoms with Crippen LogP contribution in [0.1, 0.15) is 12.5 Å². The standard InChI is InChI=1S/C10H14F2N2O/c1-10(13,9(11)12)6-7-3-4-14-8(5-7)15-2/h3-5,9H,6,13H2,1-2H3. The number of alkyl halides is 2. The van der Waals surface area contributed by atoms with E-state index in [4.69, 9.17) is 10.5 Å². The van der Waals surface area contributed by atoms with Crippen molar-refractivity contribution in [2.75, 3.05) is 7.11 Å². The van der Waals surface area contributed by atoms with E-state index in [9.17, 15) is 8.78 Å². The summed E-state index contributed by atoms with van der Waals surface area (Å²) in [6.07, 6.45) is -0.962. The molecular weight excluding hydrogens is 202 g/mol. The van der Waals surface area contributed by atoms with Gasteiger partial charge in [-0.1, -0.05) is 0 Å². The van der Waals surface area contributed by atoms with Crippen LogP contribution in [0.3, 0.4) is 0 Å². The molecule has 0 aromatic carbocycles. The predicted molar refractivity (Wildman–Crippen MR) is 53.1 cm³/mol. The van der Waals surface area contributed by atoms with Crippen molar-refractivity contribution in [1.82, 2.24) is 4.98 Å². The first-order chi connectivity index (χ1) is 6.95. The minimum absolute atomic E-state index is 0.0869. The molecule has 0 bridgehead atoms. The fourth-order valence-corrected chi connectivity index (χ4v) is 1.19. The van der Waals surface area contributed by atoms with Crippen molar-refractivity contribution in [3.05, 3.63) is 23.9 Å². The molecule has 0 spiro atoms. The van der Waals surface area contributed by atoms with Crippen molar-refractivity contribution in [3.8, 4) is 5.88 Å². The monoisotopic (exact) mass is 216 g/mol. The van der Waals surface area contributed by atoms with Gasteiger partial charge in [0.25, 0.3) is 6.43 Å².